The maximum Gasteiger partial charge on any atom is 0.240 e. The molecule has 1 amide bonds. The second-order valence-electron chi connectivity index (χ2n) is 7.27. The minimum Gasteiger partial charge on any atom is -0.490 e. The second-order valence-corrected chi connectivity index (χ2v) is 9.03. The van der Waals surface area contributed by atoms with Gasteiger partial charge in [-0.1, -0.05) is 0 Å². The van der Waals surface area contributed by atoms with E-state index in [1.807, 2.05) is 20.8 Å². The highest BCUT2D eigenvalue weighted by molar-refractivity contribution is 7.89. The summed E-state index contributed by atoms with van der Waals surface area (Å²) in [7, 11) is -3.76. The normalized spacial score (nSPS) is 13.7. The number of nitrogens with one attached hydrogen (secondary N) is 2. The van der Waals surface area contributed by atoms with E-state index in [0.717, 1.165) is 5.56 Å². The molecule has 9 heteroatoms. The first-order valence-corrected chi connectivity index (χ1v) is 12.3. The van der Waals surface area contributed by atoms with Crippen molar-refractivity contribution in [2.45, 2.75) is 51.5 Å². The predicted octanol–water partition coefficient (Wildman–Crippen LogP) is 3.64. The van der Waals surface area contributed by atoms with E-state index in [-0.39, 0.29) is 17.3 Å². The minimum atomic E-state index is -3.76. The van der Waals surface area contributed by atoms with Crippen LogP contribution in [0.25, 0.3) is 0 Å². The van der Waals surface area contributed by atoms with Crippen LogP contribution in [-0.4, -0.2) is 34.1 Å². The van der Waals surface area contributed by atoms with E-state index in [9.17, 15) is 13.2 Å². The van der Waals surface area contributed by atoms with Crippen molar-refractivity contribution in [3.63, 3.8) is 0 Å². The van der Waals surface area contributed by atoms with Gasteiger partial charge in [-0.15, -0.1) is 0 Å². The first-order valence-electron chi connectivity index (χ1n) is 10.9. The van der Waals surface area contributed by atoms with Crippen molar-refractivity contribution in [1.29, 1.82) is 0 Å². The van der Waals surface area contributed by atoms with E-state index < -0.39 is 10.0 Å². The third-order valence-electron chi connectivity index (χ3n) is 4.95. The standard InChI is InChI=1S/C23H30N2O6S/c1-4-29-20-12-16(13-21(30-5-2)23(20)31-6-3)15-24-32(27,28)18-10-11-19-17(14-18)8-7-9-22(26)25-19/h10-14,24H,4-9,15H2,1-3H3,(H,25,26). The third kappa shape index (κ3) is 5.72. The van der Waals surface area contributed by atoms with Gasteiger partial charge in [-0.25, -0.2) is 13.1 Å². The fourth-order valence-corrected chi connectivity index (χ4v) is 4.59. The van der Waals surface area contributed by atoms with E-state index in [2.05, 4.69) is 10.0 Å². The average Bonchev–Trinajstić information content (AvgIpc) is 2.95. The molecule has 0 radical (unpaired) electrons. The summed E-state index contributed by atoms with van der Waals surface area (Å²) in [5, 5.41) is 2.82. The summed E-state index contributed by atoms with van der Waals surface area (Å²) >= 11 is 0. The summed E-state index contributed by atoms with van der Waals surface area (Å²) in [5.74, 6) is 1.48. The van der Waals surface area contributed by atoms with Gasteiger partial charge in [0, 0.05) is 18.7 Å². The largest absolute Gasteiger partial charge is 0.490 e. The van der Waals surface area contributed by atoms with Crippen molar-refractivity contribution < 1.29 is 27.4 Å². The lowest BCUT2D eigenvalue weighted by Crippen LogP contribution is -2.23. The molecule has 0 bridgehead atoms. The topological polar surface area (TPSA) is 103 Å². The molecule has 174 valence electrons. The lowest BCUT2D eigenvalue weighted by molar-refractivity contribution is -0.116. The zero-order valence-electron chi connectivity index (χ0n) is 18.7. The monoisotopic (exact) mass is 462 g/mol. The number of hydrogen-bond acceptors (Lipinski definition) is 6. The Kier molecular flexibility index (Phi) is 7.98. The van der Waals surface area contributed by atoms with Crippen LogP contribution >= 0.6 is 0 Å². The molecule has 0 saturated heterocycles. The molecule has 1 aliphatic rings. The number of amides is 1. The van der Waals surface area contributed by atoms with E-state index in [0.29, 0.717) is 67.6 Å². The number of aryl methyl sites for hydroxylation is 1. The SMILES string of the molecule is CCOc1cc(CNS(=O)(=O)c2ccc3c(c2)CCCC(=O)N3)cc(OCC)c1OCC. The Morgan fingerprint density at radius 1 is 0.938 bits per heavy atom. The molecular formula is C23H30N2O6S. The number of ether oxygens (including phenoxy) is 3. The Labute approximate surface area is 189 Å². The van der Waals surface area contributed by atoms with Crippen LogP contribution in [0, 0.1) is 0 Å². The van der Waals surface area contributed by atoms with Gasteiger partial charge in [-0.05, 0) is 75.1 Å². The zero-order chi connectivity index (χ0) is 23.1. The van der Waals surface area contributed by atoms with Crippen LogP contribution in [0.3, 0.4) is 0 Å². The zero-order valence-corrected chi connectivity index (χ0v) is 19.5. The molecule has 0 atom stereocenters. The lowest BCUT2D eigenvalue weighted by atomic mass is 10.1. The number of rotatable bonds is 10. The molecule has 0 fully saturated rings. The molecular weight excluding hydrogens is 432 g/mol. The summed E-state index contributed by atoms with van der Waals surface area (Å²) in [4.78, 5) is 11.9. The number of fused-ring (bicyclic) bond motifs is 1. The van der Waals surface area contributed by atoms with Crippen LogP contribution in [0.15, 0.2) is 35.2 Å². The van der Waals surface area contributed by atoms with Crippen molar-refractivity contribution in [3.8, 4) is 17.2 Å². The van der Waals surface area contributed by atoms with Crippen LogP contribution < -0.4 is 24.2 Å². The van der Waals surface area contributed by atoms with Crippen LogP contribution in [-0.2, 0) is 27.8 Å². The van der Waals surface area contributed by atoms with Crippen LogP contribution in [0.1, 0.15) is 44.7 Å². The Morgan fingerprint density at radius 3 is 2.22 bits per heavy atom. The number of anilines is 1. The Morgan fingerprint density at radius 2 is 1.59 bits per heavy atom. The van der Waals surface area contributed by atoms with Crippen molar-refractivity contribution in [1.82, 2.24) is 4.72 Å². The first kappa shape index (κ1) is 23.9. The fourth-order valence-electron chi connectivity index (χ4n) is 3.52. The quantitative estimate of drug-likeness (QED) is 0.559. The number of benzene rings is 2. The Bertz CT molecular complexity index is 1040. The summed E-state index contributed by atoms with van der Waals surface area (Å²) < 4.78 is 45.6. The Balaban J connectivity index is 1.83. The molecule has 2 aromatic rings. The van der Waals surface area contributed by atoms with Gasteiger partial charge in [0.1, 0.15) is 0 Å². The molecule has 2 aromatic carbocycles. The number of sulfonamides is 1. The van der Waals surface area contributed by atoms with Crippen LogP contribution in [0.5, 0.6) is 17.2 Å². The highest BCUT2D eigenvalue weighted by Crippen LogP contribution is 2.39. The van der Waals surface area contributed by atoms with Gasteiger partial charge in [0.2, 0.25) is 21.7 Å². The van der Waals surface area contributed by atoms with E-state index in [4.69, 9.17) is 14.2 Å². The minimum absolute atomic E-state index is 0.0526. The maximum atomic E-state index is 12.9. The van der Waals surface area contributed by atoms with Gasteiger partial charge in [-0.2, -0.15) is 0 Å². The van der Waals surface area contributed by atoms with Gasteiger partial charge < -0.3 is 19.5 Å². The van der Waals surface area contributed by atoms with Crippen molar-refractivity contribution in [2.24, 2.45) is 0 Å². The van der Waals surface area contributed by atoms with Gasteiger partial charge in [0.15, 0.2) is 11.5 Å². The first-order chi connectivity index (χ1) is 15.4. The number of carbonyl (C=O) groups is 1. The summed E-state index contributed by atoms with van der Waals surface area (Å²) in [5.41, 5.74) is 2.17. The third-order valence-corrected chi connectivity index (χ3v) is 6.35. The summed E-state index contributed by atoms with van der Waals surface area (Å²) in [6, 6.07) is 8.28. The molecule has 0 unspecified atom stereocenters. The fraction of sp³-hybridized carbons (Fsp3) is 0.435. The smallest absolute Gasteiger partial charge is 0.240 e. The van der Waals surface area contributed by atoms with E-state index >= 15 is 0 Å². The Hall–Kier alpha value is -2.78. The molecule has 0 spiro atoms. The van der Waals surface area contributed by atoms with Crippen molar-refractivity contribution >= 4 is 21.6 Å². The van der Waals surface area contributed by atoms with Crippen LogP contribution in [0.2, 0.25) is 0 Å². The highest BCUT2D eigenvalue weighted by atomic mass is 32.2. The molecule has 32 heavy (non-hydrogen) atoms. The van der Waals surface area contributed by atoms with Gasteiger partial charge in [-0.3, -0.25) is 4.79 Å². The molecule has 1 aliphatic heterocycles. The molecule has 3 rings (SSSR count). The van der Waals surface area contributed by atoms with Gasteiger partial charge in [0.05, 0.1) is 24.7 Å². The highest BCUT2D eigenvalue weighted by Gasteiger charge is 2.20. The number of carbonyl (C=O) groups excluding carboxylic acids is 1. The van der Waals surface area contributed by atoms with E-state index in [1.54, 1.807) is 24.3 Å². The number of hydrogen-bond donors (Lipinski definition) is 2. The van der Waals surface area contributed by atoms with Crippen LogP contribution in [0.4, 0.5) is 5.69 Å². The summed E-state index contributed by atoms with van der Waals surface area (Å²) in [6.07, 6.45) is 1.76. The lowest BCUT2D eigenvalue weighted by Gasteiger charge is -2.17. The van der Waals surface area contributed by atoms with Gasteiger partial charge >= 0.3 is 0 Å². The molecule has 0 saturated carbocycles. The second kappa shape index (κ2) is 10.7. The maximum absolute atomic E-state index is 12.9. The van der Waals surface area contributed by atoms with E-state index in [1.165, 1.54) is 6.07 Å². The molecule has 0 aromatic heterocycles. The average molecular weight is 463 g/mol. The molecule has 2 N–H and O–H groups in total. The van der Waals surface area contributed by atoms with Crippen molar-refractivity contribution in [3.05, 3.63) is 41.5 Å². The molecule has 0 aliphatic carbocycles. The predicted molar refractivity (Wildman–Crippen MR) is 122 cm³/mol. The van der Waals surface area contributed by atoms with Gasteiger partial charge in [0.25, 0.3) is 0 Å². The summed E-state index contributed by atoms with van der Waals surface area (Å²) in [6.45, 7) is 6.99. The molecule has 8 nitrogen and oxygen atoms in total. The van der Waals surface area contributed by atoms with Crippen molar-refractivity contribution in [2.75, 3.05) is 25.1 Å². The molecule has 1 heterocycles.